The second-order valence-electron chi connectivity index (χ2n) is 6.61. The highest BCUT2D eigenvalue weighted by Crippen LogP contribution is 2.32. The third-order valence-corrected chi connectivity index (χ3v) is 4.59. The summed E-state index contributed by atoms with van der Waals surface area (Å²) in [5.41, 5.74) is 0.229. The molecular formula is C17H24F3N3S. The van der Waals surface area contributed by atoms with Crippen LogP contribution >= 0.6 is 12.2 Å². The van der Waals surface area contributed by atoms with Crippen molar-refractivity contribution in [3.8, 4) is 0 Å². The van der Waals surface area contributed by atoms with E-state index in [1.165, 1.54) is 6.42 Å². The summed E-state index contributed by atoms with van der Waals surface area (Å²) >= 11 is 5.31. The zero-order valence-corrected chi connectivity index (χ0v) is 15.0. The average molecular weight is 359 g/mol. The molecule has 1 aliphatic rings. The summed E-state index contributed by atoms with van der Waals surface area (Å²) in [4.78, 5) is 2.17. The molecule has 1 fully saturated rings. The molecule has 0 aromatic heterocycles. The Kier molecular flexibility index (Phi) is 6.09. The van der Waals surface area contributed by atoms with Crippen LogP contribution in [0.5, 0.6) is 0 Å². The Labute approximate surface area is 146 Å². The van der Waals surface area contributed by atoms with Gasteiger partial charge in [0.1, 0.15) is 0 Å². The zero-order chi connectivity index (χ0) is 17.9. The van der Waals surface area contributed by atoms with Crippen LogP contribution in [0.1, 0.15) is 36.8 Å². The van der Waals surface area contributed by atoms with Crippen molar-refractivity contribution in [2.24, 2.45) is 0 Å². The second kappa shape index (κ2) is 7.70. The lowest BCUT2D eigenvalue weighted by Crippen LogP contribution is -2.52. The molecule has 0 saturated heterocycles. The van der Waals surface area contributed by atoms with Gasteiger partial charge in [0.15, 0.2) is 5.11 Å². The van der Waals surface area contributed by atoms with Crippen molar-refractivity contribution in [3.05, 3.63) is 29.3 Å². The van der Waals surface area contributed by atoms with Gasteiger partial charge in [0.25, 0.3) is 0 Å². The Balaban J connectivity index is 2.05. The van der Waals surface area contributed by atoms with Gasteiger partial charge < -0.3 is 15.5 Å². The van der Waals surface area contributed by atoms with Crippen LogP contribution in [0.3, 0.4) is 0 Å². The first-order chi connectivity index (χ1) is 11.2. The third-order valence-electron chi connectivity index (χ3n) is 4.37. The maximum absolute atomic E-state index is 12.9. The van der Waals surface area contributed by atoms with Crippen molar-refractivity contribution in [1.29, 1.82) is 0 Å². The molecule has 2 atom stereocenters. The predicted octanol–water partition coefficient (Wildman–Crippen LogP) is 4.17. The van der Waals surface area contributed by atoms with Gasteiger partial charge in [-0.05, 0) is 69.8 Å². The van der Waals surface area contributed by atoms with Gasteiger partial charge >= 0.3 is 6.18 Å². The maximum atomic E-state index is 12.9. The number of likely N-dealkylation sites (N-methyl/N-ethyl adjacent to an activating group) is 1. The first-order valence-corrected chi connectivity index (χ1v) is 8.50. The molecule has 0 amide bonds. The molecule has 1 aromatic carbocycles. The molecule has 2 N–H and O–H groups in total. The Hall–Kier alpha value is -1.34. The van der Waals surface area contributed by atoms with E-state index in [0.29, 0.717) is 22.4 Å². The SMILES string of the molecule is Cc1cc(NC(=S)NC2CCCCC2N(C)C)cc(C(F)(F)F)c1. The fraction of sp³-hybridized carbons (Fsp3) is 0.588. The minimum Gasteiger partial charge on any atom is -0.358 e. The number of halogens is 3. The molecule has 7 heteroatoms. The van der Waals surface area contributed by atoms with Gasteiger partial charge in [-0.15, -0.1) is 0 Å². The molecule has 0 spiro atoms. The van der Waals surface area contributed by atoms with Crippen molar-refractivity contribution in [1.82, 2.24) is 10.2 Å². The number of benzene rings is 1. The molecule has 3 nitrogen and oxygen atoms in total. The molecule has 0 radical (unpaired) electrons. The van der Waals surface area contributed by atoms with E-state index >= 15 is 0 Å². The van der Waals surface area contributed by atoms with E-state index in [4.69, 9.17) is 12.2 Å². The first kappa shape index (κ1) is 19.0. The zero-order valence-electron chi connectivity index (χ0n) is 14.2. The molecule has 24 heavy (non-hydrogen) atoms. The topological polar surface area (TPSA) is 27.3 Å². The van der Waals surface area contributed by atoms with Crippen molar-refractivity contribution in [2.75, 3.05) is 19.4 Å². The molecule has 0 heterocycles. The molecule has 1 aromatic rings. The largest absolute Gasteiger partial charge is 0.416 e. The fourth-order valence-corrected chi connectivity index (χ4v) is 3.52. The van der Waals surface area contributed by atoms with E-state index in [1.807, 2.05) is 14.1 Å². The van der Waals surface area contributed by atoms with Gasteiger partial charge in [-0.2, -0.15) is 13.2 Å². The summed E-state index contributed by atoms with van der Waals surface area (Å²) in [6, 6.07) is 4.46. The minimum atomic E-state index is -4.36. The summed E-state index contributed by atoms with van der Waals surface area (Å²) in [6.45, 7) is 1.64. The van der Waals surface area contributed by atoms with E-state index in [-0.39, 0.29) is 6.04 Å². The van der Waals surface area contributed by atoms with Gasteiger partial charge in [0.05, 0.1) is 5.56 Å². The van der Waals surface area contributed by atoms with E-state index in [0.717, 1.165) is 31.4 Å². The monoisotopic (exact) mass is 359 g/mol. The van der Waals surface area contributed by atoms with Crippen LogP contribution in [0.4, 0.5) is 18.9 Å². The number of rotatable bonds is 3. The number of nitrogens with zero attached hydrogens (tertiary/aromatic N) is 1. The number of anilines is 1. The van der Waals surface area contributed by atoms with E-state index < -0.39 is 11.7 Å². The molecule has 0 bridgehead atoms. The summed E-state index contributed by atoms with van der Waals surface area (Å²) in [5.74, 6) is 0. The van der Waals surface area contributed by atoms with Gasteiger partial charge in [0, 0.05) is 17.8 Å². The van der Waals surface area contributed by atoms with Gasteiger partial charge in [-0.25, -0.2) is 0 Å². The Morgan fingerprint density at radius 3 is 2.46 bits per heavy atom. The van der Waals surface area contributed by atoms with Crippen molar-refractivity contribution >= 4 is 23.0 Å². The molecule has 2 unspecified atom stereocenters. The number of hydrogen-bond acceptors (Lipinski definition) is 2. The summed E-state index contributed by atoms with van der Waals surface area (Å²) < 4.78 is 38.7. The number of nitrogens with one attached hydrogen (secondary N) is 2. The highest BCUT2D eigenvalue weighted by molar-refractivity contribution is 7.80. The standard InChI is InChI=1S/C17H24F3N3S/c1-11-8-12(17(18,19)20)10-13(9-11)21-16(24)22-14-6-4-5-7-15(14)23(2)3/h8-10,14-15H,4-7H2,1-3H3,(H2,21,22,24). The molecule has 2 rings (SSSR count). The molecule has 1 saturated carbocycles. The van der Waals surface area contributed by atoms with E-state index in [1.54, 1.807) is 13.0 Å². The molecule has 0 aliphatic heterocycles. The molecular weight excluding hydrogens is 335 g/mol. The van der Waals surface area contributed by atoms with Crippen LogP contribution in [0.15, 0.2) is 18.2 Å². The number of aryl methyl sites for hydroxylation is 1. The van der Waals surface area contributed by atoms with Crippen LogP contribution in [0.2, 0.25) is 0 Å². The first-order valence-electron chi connectivity index (χ1n) is 8.09. The number of alkyl halides is 3. The Bertz CT molecular complexity index is 587. The maximum Gasteiger partial charge on any atom is 0.416 e. The van der Waals surface area contributed by atoms with E-state index in [2.05, 4.69) is 15.5 Å². The summed E-state index contributed by atoms with van der Waals surface area (Å²) in [6.07, 6.45) is 0.0560. The van der Waals surface area contributed by atoms with Crippen LogP contribution in [0, 0.1) is 6.92 Å². The van der Waals surface area contributed by atoms with Crippen LogP contribution < -0.4 is 10.6 Å². The predicted molar refractivity (Wildman–Crippen MR) is 95.3 cm³/mol. The van der Waals surface area contributed by atoms with Crippen LogP contribution in [-0.4, -0.2) is 36.2 Å². The second-order valence-corrected chi connectivity index (χ2v) is 7.01. The lowest BCUT2D eigenvalue weighted by molar-refractivity contribution is -0.137. The molecule has 134 valence electrons. The lowest BCUT2D eigenvalue weighted by Gasteiger charge is -2.37. The fourth-order valence-electron chi connectivity index (χ4n) is 3.25. The Morgan fingerprint density at radius 1 is 1.17 bits per heavy atom. The average Bonchev–Trinajstić information content (AvgIpc) is 2.45. The van der Waals surface area contributed by atoms with Gasteiger partial charge in [-0.1, -0.05) is 12.8 Å². The normalized spacial score (nSPS) is 21.6. The van der Waals surface area contributed by atoms with E-state index in [9.17, 15) is 13.2 Å². The highest BCUT2D eigenvalue weighted by atomic mass is 32.1. The summed E-state index contributed by atoms with van der Waals surface area (Å²) in [5, 5.41) is 6.55. The summed E-state index contributed by atoms with van der Waals surface area (Å²) in [7, 11) is 4.08. The Morgan fingerprint density at radius 2 is 1.83 bits per heavy atom. The smallest absolute Gasteiger partial charge is 0.358 e. The number of thiocarbonyl (C=S) groups is 1. The highest BCUT2D eigenvalue weighted by Gasteiger charge is 2.31. The minimum absolute atomic E-state index is 0.209. The number of hydrogen-bond donors (Lipinski definition) is 2. The third kappa shape index (κ3) is 5.08. The van der Waals surface area contributed by atoms with Crippen molar-refractivity contribution in [2.45, 2.75) is 50.9 Å². The van der Waals surface area contributed by atoms with Crippen molar-refractivity contribution < 1.29 is 13.2 Å². The van der Waals surface area contributed by atoms with Gasteiger partial charge in [0.2, 0.25) is 0 Å². The van der Waals surface area contributed by atoms with Gasteiger partial charge in [-0.3, -0.25) is 0 Å². The van der Waals surface area contributed by atoms with Crippen LogP contribution in [-0.2, 0) is 6.18 Å². The molecule has 1 aliphatic carbocycles. The van der Waals surface area contributed by atoms with Crippen LogP contribution in [0.25, 0.3) is 0 Å². The van der Waals surface area contributed by atoms with Crippen molar-refractivity contribution in [3.63, 3.8) is 0 Å². The lowest BCUT2D eigenvalue weighted by atomic mass is 9.90. The quantitative estimate of drug-likeness (QED) is 0.792.